The van der Waals surface area contributed by atoms with Gasteiger partial charge in [0.15, 0.2) is 0 Å². The third kappa shape index (κ3) is 3.43. The van der Waals surface area contributed by atoms with Crippen molar-refractivity contribution >= 4 is 17.6 Å². The lowest BCUT2D eigenvalue weighted by molar-refractivity contribution is -0.137. The van der Waals surface area contributed by atoms with E-state index >= 15 is 0 Å². The number of carboxylic acid groups (broad SMARTS) is 1. The topological polar surface area (TPSA) is 66.8 Å². The van der Waals surface area contributed by atoms with Crippen LogP contribution in [0.15, 0.2) is 36.4 Å². The Bertz CT molecular complexity index is 729. The standard InChI is InChI=1S/C14H8ClF3O4/c15-11-6-8(1-3-10(11)14(16,17)18)22-7-2-4-12(19)9(5-7)13(20)21/h1-6,19H,(H,20,21). The summed E-state index contributed by atoms with van der Waals surface area (Å²) in [5.74, 6) is -1.79. The van der Waals surface area contributed by atoms with Crippen LogP contribution in [-0.2, 0) is 6.18 Å². The smallest absolute Gasteiger partial charge is 0.417 e. The van der Waals surface area contributed by atoms with Crippen LogP contribution in [-0.4, -0.2) is 16.2 Å². The first-order valence-electron chi connectivity index (χ1n) is 5.79. The van der Waals surface area contributed by atoms with Gasteiger partial charge in [-0.15, -0.1) is 0 Å². The van der Waals surface area contributed by atoms with Crippen molar-refractivity contribution in [3.63, 3.8) is 0 Å². The molecule has 2 aromatic carbocycles. The zero-order valence-corrected chi connectivity index (χ0v) is 11.4. The number of carbonyl (C=O) groups is 1. The van der Waals surface area contributed by atoms with Gasteiger partial charge in [0.1, 0.15) is 22.8 Å². The van der Waals surface area contributed by atoms with E-state index in [1.165, 1.54) is 6.07 Å². The Balaban J connectivity index is 2.30. The van der Waals surface area contributed by atoms with Gasteiger partial charge in [-0.1, -0.05) is 11.6 Å². The van der Waals surface area contributed by atoms with Gasteiger partial charge >= 0.3 is 12.1 Å². The van der Waals surface area contributed by atoms with Gasteiger partial charge in [-0.25, -0.2) is 4.79 Å². The Labute approximate surface area is 127 Å². The molecule has 116 valence electrons. The Hall–Kier alpha value is -2.41. The van der Waals surface area contributed by atoms with E-state index in [-0.39, 0.29) is 11.5 Å². The summed E-state index contributed by atoms with van der Waals surface area (Å²) in [6, 6.07) is 6.21. The fraction of sp³-hybridized carbons (Fsp3) is 0.0714. The zero-order valence-electron chi connectivity index (χ0n) is 10.7. The van der Waals surface area contributed by atoms with Crippen molar-refractivity contribution < 1.29 is 32.9 Å². The second-order valence-electron chi connectivity index (χ2n) is 4.23. The van der Waals surface area contributed by atoms with E-state index in [0.717, 1.165) is 30.3 Å². The summed E-state index contributed by atoms with van der Waals surface area (Å²) in [5.41, 5.74) is -1.39. The number of phenols is 1. The maximum absolute atomic E-state index is 12.6. The van der Waals surface area contributed by atoms with E-state index < -0.39 is 34.0 Å². The monoisotopic (exact) mass is 332 g/mol. The SMILES string of the molecule is O=C(O)c1cc(Oc2ccc(C(F)(F)F)c(Cl)c2)ccc1O. The van der Waals surface area contributed by atoms with Crippen molar-refractivity contribution in [1.29, 1.82) is 0 Å². The van der Waals surface area contributed by atoms with Gasteiger partial charge in [0, 0.05) is 6.07 Å². The van der Waals surface area contributed by atoms with Crippen molar-refractivity contribution in [2.75, 3.05) is 0 Å². The van der Waals surface area contributed by atoms with E-state index in [1.54, 1.807) is 0 Å². The quantitative estimate of drug-likeness (QED) is 0.865. The number of carboxylic acids is 1. The second kappa shape index (κ2) is 5.76. The molecule has 2 rings (SSSR count). The Morgan fingerprint density at radius 3 is 2.23 bits per heavy atom. The van der Waals surface area contributed by atoms with E-state index in [0.29, 0.717) is 0 Å². The first kappa shape index (κ1) is 16.0. The zero-order chi connectivity index (χ0) is 16.5. The molecule has 22 heavy (non-hydrogen) atoms. The highest BCUT2D eigenvalue weighted by molar-refractivity contribution is 6.31. The van der Waals surface area contributed by atoms with Crippen molar-refractivity contribution in [3.05, 3.63) is 52.5 Å². The number of rotatable bonds is 3. The molecule has 0 atom stereocenters. The van der Waals surface area contributed by atoms with Crippen LogP contribution in [0.2, 0.25) is 5.02 Å². The molecule has 2 N–H and O–H groups in total. The Kier molecular flexibility index (Phi) is 4.18. The number of halogens is 4. The van der Waals surface area contributed by atoms with Crippen LogP contribution in [0.3, 0.4) is 0 Å². The lowest BCUT2D eigenvalue weighted by atomic mass is 10.2. The van der Waals surface area contributed by atoms with Crippen molar-refractivity contribution in [2.24, 2.45) is 0 Å². The number of alkyl halides is 3. The highest BCUT2D eigenvalue weighted by Crippen LogP contribution is 2.37. The van der Waals surface area contributed by atoms with Crippen LogP contribution in [0.1, 0.15) is 15.9 Å². The van der Waals surface area contributed by atoms with E-state index in [4.69, 9.17) is 21.4 Å². The average Bonchev–Trinajstić information content (AvgIpc) is 2.39. The molecule has 4 nitrogen and oxygen atoms in total. The molecule has 0 saturated carbocycles. The molecular formula is C14H8ClF3O4. The minimum absolute atomic E-state index is 0.0000265. The van der Waals surface area contributed by atoms with Crippen molar-refractivity contribution in [2.45, 2.75) is 6.18 Å². The van der Waals surface area contributed by atoms with Crippen molar-refractivity contribution in [1.82, 2.24) is 0 Å². The molecule has 0 saturated heterocycles. The minimum atomic E-state index is -4.58. The van der Waals surface area contributed by atoms with E-state index in [2.05, 4.69) is 0 Å². The molecule has 0 fully saturated rings. The molecule has 0 bridgehead atoms. The summed E-state index contributed by atoms with van der Waals surface area (Å²) >= 11 is 5.55. The number of benzene rings is 2. The molecule has 0 spiro atoms. The normalized spacial score (nSPS) is 11.3. The molecule has 0 amide bonds. The number of aromatic hydroxyl groups is 1. The van der Waals surface area contributed by atoms with Gasteiger partial charge in [-0.05, 0) is 30.3 Å². The minimum Gasteiger partial charge on any atom is -0.507 e. The van der Waals surface area contributed by atoms with Crippen LogP contribution in [0, 0.1) is 0 Å². The molecule has 0 radical (unpaired) electrons. The largest absolute Gasteiger partial charge is 0.507 e. The highest BCUT2D eigenvalue weighted by Gasteiger charge is 2.33. The molecular weight excluding hydrogens is 325 g/mol. The maximum Gasteiger partial charge on any atom is 0.417 e. The predicted molar refractivity (Wildman–Crippen MR) is 71.6 cm³/mol. The van der Waals surface area contributed by atoms with Gasteiger partial charge in [0.2, 0.25) is 0 Å². The molecule has 0 aliphatic heterocycles. The third-order valence-electron chi connectivity index (χ3n) is 2.68. The van der Waals surface area contributed by atoms with Crippen molar-refractivity contribution in [3.8, 4) is 17.2 Å². The summed E-state index contributed by atoms with van der Waals surface area (Å²) in [7, 11) is 0. The lowest BCUT2D eigenvalue weighted by Gasteiger charge is -2.11. The van der Waals surface area contributed by atoms with E-state index in [1.807, 2.05) is 0 Å². The van der Waals surface area contributed by atoms with Gasteiger partial charge in [0.25, 0.3) is 0 Å². The molecule has 0 heterocycles. The van der Waals surface area contributed by atoms with Gasteiger partial charge < -0.3 is 14.9 Å². The molecule has 0 aliphatic carbocycles. The number of hydrogen-bond donors (Lipinski definition) is 2. The van der Waals surface area contributed by atoms with Gasteiger partial charge in [-0.2, -0.15) is 13.2 Å². The predicted octanol–water partition coefficient (Wildman–Crippen LogP) is 4.55. The lowest BCUT2D eigenvalue weighted by Crippen LogP contribution is -2.05. The number of ether oxygens (including phenoxy) is 1. The average molecular weight is 333 g/mol. The molecule has 0 aliphatic rings. The Morgan fingerprint density at radius 1 is 1.09 bits per heavy atom. The summed E-state index contributed by atoms with van der Waals surface area (Å²) in [6.45, 7) is 0. The van der Waals surface area contributed by atoms with Crippen LogP contribution in [0.25, 0.3) is 0 Å². The summed E-state index contributed by atoms with van der Waals surface area (Å²) in [5, 5.41) is 17.7. The number of aromatic carboxylic acids is 1. The molecule has 0 aromatic heterocycles. The number of hydrogen-bond acceptors (Lipinski definition) is 3. The summed E-state index contributed by atoms with van der Waals surface area (Å²) < 4.78 is 43.0. The fourth-order valence-electron chi connectivity index (χ4n) is 1.68. The first-order chi connectivity index (χ1) is 10.2. The van der Waals surface area contributed by atoms with Gasteiger partial charge in [-0.3, -0.25) is 0 Å². The summed E-state index contributed by atoms with van der Waals surface area (Å²) in [6.07, 6.45) is -4.58. The van der Waals surface area contributed by atoms with Crippen LogP contribution in [0.5, 0.6) is 17.2 Å². The van der Waals surface area contributed by atoms with E-state index in [9.17, 15) is 23.1 Å². The van der Waals surface area contributed by atoms with Crippen LogP contribution in [0.4, 0.5) is 13.2 Å². The first-order valence-corrected chi connectivity index (χ1v) is 6.17. The van der Waals surface area contributed by atoms with Crippen LogP contribution < -0.4 is 4.74 Å². The second-order valence-corrected chi connectivity index (χ2v) is 4.63. The fourth-order valence-corrected chi connectivity index (χ4v) is 1.95. The Morgan fingerprint density at radius 2 is 1.68 bits per heavy atom. The highest BCUT2D eigenvalue weighted by atomic mass is 35.5. The maximum atomic E-state index is 12.6. The third-order valence-corrected chi connectivity index (χ3v) is 2.99. The summed E-state index contributed by atoms with van der Waals surface area (Å²) in [4.78, 5) is 10.9. The molecule has 8 heteroatoms. The molecule has 2 aromatic rings. The molecule has 0 unspecified atom stereocenters. The van der Waals surface area contributed by atoms with Crippen LogP contribution >= 0.6 is 11.6 Å². The van der Waals surface area contributed by atoms with Gasteiger partial charge in [0.05, 0.1) is 10.6 Å².